The van der Waals surface area contributed by atoms with E-state index < -0.39 is 26.8 Å². The smallest absolute Gasteiger partial charge is 0.264 e. The van der Waals surface area contributed by atoms with Crippen LogP contribution in [0.15, 0.2) is 101 Å². The second-order valence-electron chi connectivity index (χ2n) is 7.33. The Morgan fingerprint density at radius 3 is 2.03 bits per heavy atom. The minimum Gasteiger partial charge on any atom is -0.264 e. The van der Waals surface area contributed by atoms with E-state index in [4.69, 9.17) is 4.28 Å². The molecule has 0 aliphatic carbocycles. The van der Waals surface area contributed by atoms with Crippen LogP contribution >= 0.6 is 0 Å². The minimum absolute atomic E-state index is 0.280. The van der Waals surface area contributed by atoms with Crippen LogP contribution in [-0.2, 0) is 20.6 Å². The summed E-state index contributed by atoms with van der Waals surface area (Å²) >= 11 is 0. The Bertz CT molecular complexity index is 1430. The van der Waals surface area contributed by atoms with E-state index >= 15 is 0 Å². The van der Waals surface area contributed by atoms with Gasteiger partial charge in [-0.05, 0) is 47.5 Å². The number of oxime groups is 1. The molecule has 0 heterocycles. The van der Waals surface area contributed by atoms with Crippen molar-refractivity contribution < 1.29 is 25.9 Å². The predicted molar refractivity (Wildman–Crippen MR) is 120 cm³/mol. The number of rotatable bonds is 5. The molecule has 0 bridgehead atoms. The average molecular weight is 469 g/mol. The van der Waals surface area contributed by atoms with Crippen LogP contribution < -0.4 is 0 Å². The van der Waals surface area contributed by atoms with Crippen molar-refractivity contribution in [2.45, 2.75) is 18.0 Å². The lowest BCUT2D eigenvalue weighted by Gasteiger charge is -2.12. The summed E-state index contributed by atoms with van der Waals surface area (Å²) in [6.45, 7) is 1.97. The number of benzene rings is 4. The molecule has 0 amide bonds. The van der Waals surface area contributed by atoms with E-state index in [0.717, 1.165) is 28.5 Å². The van der Waals surface area contributed by atoms with Crippen molar-refractivity contribution in [2.75, 3.05) is 0 Å². The lowest BCUT2D eigenvalue weighted by molar-refractivity contribution is -0.137. The summed E-state index contributed by atoms with van der Waals surface area (Å²) in [5.41, 5.74) is 1.64. The van der Waals surface area contributed by atoms with Crippen LogP contribution in [0, 0.1) is 6.92 Å². The number of halogens is 3. The molecule has 0 atom stereocenters. The molecular formula is C25H18F3NO3S. The van der Waals surface area contributed by atoms with Crippen LogP contribution in [0.5, 0.6) is 0 Å². The Balaban J connectivity index is 1.79. The molecule has 0 fully saturated rings. The number of fused-ring (bicyclic) bond motifs is 1. The lowest BCUT2D eigenvalue weighted by Crippen LogP contribution is -2.10. The summed E-state index contributed by atoms with van der Waals surface area (Å²) in [6.07, 6.45) is -4.58. The zero-order valence-electron chi connectivity index (χ0n) is 17.4. The largest absolute Gasteiger partial charge is 0.416 e. The maximum Gasteiger partial charge on any atom is 0.416 e. The molecule has 168 valence electrons. The molecule has 0 N–H and O–H groups in total. The van der Waals surface area contributed by atoms with Gasteiger partial charge in [0.15, 0.2) is 0 Å². The SMILES string of the molecule is Cc1ccc(/C(=N\OS(=O)(=O)c2ccc(C(F)(F)F)cc2)c2ccccc2)c2ccccc12. The number of hydrogen-bond acceptors (Lipinski definition) is 4. The van der Waals surface area contributed by atoms with E-state index in [1.54, 1.807) is 24.3 Å². The van der Waals surface area contributed by atoms with Crippen molar-refractivity contribution in [2.24, 2.45) is 5.16 Å². The molecule has 0 radical (unpaired) electrons. The summed E-state index contributed by atoms with van der Waals surface area (Å²) < 4.78 is 68.7. The first kappa shape index (κ1) is 22.5. The maximum atomic E-state index is 12.8. The molecule has 4 rings (SSSR count). The second-order valence-corrected chi connectivity index (χ2v) is 8.86. The van der Waals surface area contributed by atoms with Crippen molar-refractivity contribution in [1.29, 1.82) is 0 Å². The Morgan fingerprint density at radius 2 is 1.39 bits per heavy atom. The van der Waals surface area contributed by atoms with Gasteiger partial charge in [-0.25, -0.2) is 0 Å². The summed E-state index contributed by atoms with van der Waals surface area (Å²) in [7, 11) is -4.45. The van der Waals surface area contributed by atoms with Crippen LogP contribution in [0.3, 0.4) is 0 Å². The quantitative estimate of drug-likeness (QED) is 0.254. The van der Waals surface area contributed by atoms with Gasteiger partial charge in [-0.3, -0.25) is 4.28 Å². The summed E-state index contributed by atoms with van der Waals surface area (Å²) in [6, 6.07) is 23.3. The van der Waals surface area contributed by atoms with Gasteiger partial charge in [-0.1, -0.05) is 71.9 Å². The highest BCUT2D eigenvalue weighted by atomic mass is 32.2. The molecule has 0 aromatic heterocycles. The van der Waals surface area contributed by atoms with E-state index in [1.807, 2.05) is 49.4 Å². The van der Waals surface area contributed by atoms with Gasteiger partial charge >= 0.3 is 16.3 Å². The van der Waals surface area contributed by atoms with Crippen molar-refractivity contribution in [1.82, 2.24) is 0 Å². The van der Waals surface area contributed by atoms with Gasteiger partial charge < -0.3 is 0 Å². The highest BCUT2D eigenvalue weighted by Gasteiger charge is 2.31. The molecule has 8 heteroatoms. The standard InChI is InChI=1S/C25H18F3NO3S/c1-17-11-16-23(22-10-6-5-9-21(17)22)24(18-7-3-2-4-8-18)29-32-33(30,31)20-14-12-19(13-15-20)25(26,27)28/h2-16H,1H3/b29-24-. The van der Waals surface area contributed by atoms with E-state index in [2.05, 4.69) is 5.16 Å². The van der Waals surface area contributed by atoms with Crippen molar-refractivity contribution in [3.63, 3.8) is 0 Å². The van der Waals surface area contributed by atoms with Gasteiger partial charge in [-0.2, -0.15) is 21.6 Å². The molecule has 0 saturated heterocycles. The van der Waals surface area contributed by atoms with Crippen LogP contribution in [0.4, 0.5) is 13.2 Å². The van der Waals surface area contributed by atoms with E-state index in [-0.39, 0.29) is 5.71 Å². The average Bonchev–Trinajstić information content (AvgIpc) is 2.81. The monoisotopic (exact) mass is 469 g/mol. The third-order valence-electron chi connectivity index (χ3n) is 5.14. The molecule has 0 aliphatic heterocycles. The topological polar surface area (TPSA) is 55.7 Å². The molecule has 33 heavy (non-hydrogen) atoms. The predicted octanol–water partition coefficient (Wildman–Crippen LogP) is 6.32. The van der Waals surface area contributed by atoms with Crippen molar-refractivity contribution in [3.05, 3.63) is 113 Å². The van der Waals surface area contributed by atoms with Crippen molar-refractivity contribution >= 4 is 26.6 Å². The molecule has 0 saturated carbocycles. The molecule has 0 aliphatic rings. The first-order valence-corrected chi connectivity index (χ1v) is 11.3. The molecule has 4 nitrogen and oxygen atoms in total. The molecule has 0 unspecified atom stereocenters. The fourth-order valence-electron chi connectivity index (χ4n) is 3.45. The lowest BCUT2D eigenvalue weighted by atomic mass is 9.94. The maximum absolute atomic E-state index is 12.8. The van der Waals surface area contributed by atoms with Crippen LogP contribution in [0.2, 0.25) is 0 Å². The summed E-state index contributed by atoms with van der Waals surface area (Å²) in [4.78, 5) is -0.430. The zero-order valence-corrected chi connectivity index (χ0v) is 18.2. The number of hydrogen-bond donors (Lipinski definition) is 0. The van der Waals surface area contributed by atoms with Gasteiger partial charge in [0.25, 0.3) is 0 Å². The minimum atomic E-state index is -4.58. The highest BCUT2D eigenvalue weighted by Crippen LogP contribution is 2.30. The van der Waals surface area contributed by atoms with E-state index in [0.29, 0.717) is 23.3 Å². The van der Waals surface area contributed by atoms with Crippen LogP contribution in [-0.4, -0.2) is 14.1 Å². The van der Waals surface area contributed by atoms with Crippen molar-refractivity contribution in [3.8, 4) is 0 Å². The Labute approximate surface area is 189 Å². The number of nitrogens with zero attached hydrogens (tertiary/aromatic N) is 1. The third kappa shape index (κ3) is 4.75. The first-order valence-electron chi connectivity index (χ1n) is 9.90. The fraction of sp³-hybridized carbons (Fsp3) is 0.0800. The third-order valence-corrected chi connectivity index (χ3v) is 6.26. The number of aryl methyl sites for hydroxylation is 1. The van der Waals surface area contributed by atoms with Gasteiger partial charge in [0, 0.05) is 11.1 Å². The van der Waals surface area contributed by atoms with Gasteiger partial charge in [0.05, 0.1) is 5.56 Å². The normalized spacial score (nSPS) is 12.7. The van der Waals surface area contributed by atoms with Gasteiger partial charge in [0.1, 0.15) is 10.6 Å². The Hall–Kier alpha value is -3.65. The van der Waals surface area contributed by atoms with Gasteiger partial charge in [-0.15, -0.1) is 0 Å². The summed E-state index contributed by atoms with van der Waals surface area (Å²) in [5, 5.41) is 5.80. The molecule has 4 aromatic rings. The van der Waals surface area contributed by atoms with Gasteiger partial charge in [0.2, 0.25) is 0 Å². The highest BCUT2D eigenvalue weighted by molar-refractivity contribution is 7.86. The molecule has 0 spiro atoms. The van der Waals surface area contributed by atoms with E-state index in [1.165, 1.54) is 0 Å². The fourth-order valence-corrected chi connectivity index (χ4v) is 4.18. The second kappa shape index (κ2) is 8.71. The summed E-state index contributed by atoms with van der Waals surface area (Å²) in [5.74, 6) is 0. The van der Waals surface area contributed by atoms with Crippen LogP contribution in [0.25, 0.3) is 10.8 Å². The Morgan fingerprint density at radius 1 is 0.788 bits per heavy atom. The van der Waals surface area contributed by atoms with E-state index in [9.17, 15) is 21.6 Å². The zero-order chi connectivity index (χ0) is 23.6. The molecular weight excluding hydrogens is 451 g/mol. The number of alkyl halides is 3. The van der Waals surface area contributed by atoms with Crippen LogP contribution in [0.1, 0.15) is 22.3 Å². The first-order chi connectivity index (χ1) is 15.7. The Kier molecular flexibility index (Phi) is 5.95. The molecule has 4 aromatic carbocycles.